The van der Waals surface area contributed by atoms with E-state index in [1.165, 1.54) is 25.3 Å². The van der Waals surface area contributed by atoms with Crippen molar-refractivity contribution in [1.82, 2.24) is 0 Å². The number of methoxy groups -OCH3 is 1. The van der Waals surface area contributed by atoms with Crippen LogP contribution in [0, 0.1) is 12.7 Å². The number of carbonyl (C=O) groups excluding carboxylic acids is 1. The standard InChI is InChI=1S/C21H18ClFO5/c1-12-14-7-6-13(26-2)10-19(14)28-21(25)15(12)8-9-20(24)27-11-16-17(22)4-3-5-18(16)23/h3-7,10H,8-9,11H2,1-2H3. The molecule has 146 valence electrons. The Balaban J connectivity index is 1.71. The van der Waals surface area contributed by atoms with Crippen molar-refractivity contribution in [3.05, 3.63) is 74.3 Å². The Hall–Kier alpha value is -2.86. The minimum Gasteiger partial charge on any atom is -0.497 e. The summed E-state index contributed by atoms with van der Waals surface area (Å²) in [6, 6.07) is 9.44. The Bertz CT molecular complexity index is 1070. The van der Waals surface area contributed by atoms with Crippen LogP contribution in [0.15, 0.2) is 45.6 Å². The highest BCUT2D eigenvalue weighted by Gasteiger charge is 2.15. The van der Waals surface area contributed by atoms with Crippen molar-refractivity contribution in [1.29, 1.82) is 0 Å². The molecular weight excluding hydrogens is 387 g/mol. The van der Waals surface area contributed by atoms with Gasteiger partial charge in [-0.1, -0.05) is 17.7 Å². The lowest BCUT2D eigenvalue weighted by Crippen LogP contribution is -2.14. The van der Waals surface area contributed by atoms with Crippen molar-refractivity contribution < 1.29 is 23.1 Å². The van der Waals surface area contributed by atoms with Crippen LogP contribution < -0.4 is 10.4 Å². The van der Waals surface area contributed by atoms with E-state index in [0.29, 0.717) is 16.9 Å². The second-order valence-electron chi connectivity index (χ2n) is 6.22. The number of carbonyl (C=O) groups is 1. The number of benzene rings is 2. The van der Waals surface area contributed by atoms with Gasteiger partial charge in [-0.2, -0.15) is 0 Å². The summed E-state index contributed by atoms with van der Waals surface area (Å²) in [6.07, 6.45) is 0.110. The molecule has 1 aromatic heterocycles. The maximum absolute atomic E-state index is 13.7. The molecule has 0 aliphatic heterocycles. The molecule has 0 unspecified atom stereocenters. The number of rotatable bonds is 6. The van der Waals surface area contributed by atoms with Crippen LogP contribution in [0.2, 0.25) is 5.02 Å². The molecule has 2 aromatic carbocycles. The van der Waals surface area contributed by atoms with Crippen LogP contribution >= 0.6 is 11.6 Å². The van der Waals surface area contributed by atoms with Crippen LogP contribution in [0.25, 0.3) is 11.0 Å². The average molecular weight is 405 g/mol. The zero-order chi connectivity index (χ0) is 20.3. The predicted octanol–water partition coefficient (Wildman–Crippen LogP) is 4.58. The number of hydrogen-bond acceptors (Lipinski definition) is 5. The van der Waals surface area contributed by atoms with Gasteiger partial charge in [0.05, 0.1) is 12.1 Å². The minimum atomic E-state index is -0.562. The molecule has 3 aromatic rings. The molecule has 7 heteroatoms. The second-order valence-corrected chi connectivity index (χ2v) is 6.62. The molecule has 5 nitrogen and oxygen atoms in total. The first-order valence-corrected chi connectivity index (χ1v) is 8.97. The van der Waals surface area contributed by atoms with Gasteiger partial charge in [0.25, 0.3) is 0 Å². The Morgan fingerprint density at radius 3 is 2.71 bits per heavy atom. The monoisotopic (exact) mass is 404 g/mol. The highest BCUT2D eigenvalue weighted by molar-refractivity contribution is 6.31. The molecule has 0 spiro atoms. The smallest absolute Gasteiger partial charge is 0.339 e. The van der Waals surface area contributed by atoms with Crippen LogP contribution in [0.5, 0.6) is 5.75 Å². The lowest BCUT2D eigenvalue weighted by molar-refractivity contribution is -0.144. The van der Waals surface area contributed by atoms with Crippen LogP contribution in [0.4, 0.5) is 4.39 Å². The summed E-state index contributed by atoms with van der Waals surface area (Å²) in [5, 5.41) is 0.955. The third-order valence-corrected chi connectivity index (χ3v) is 4.87. The molecule has 0 amide bonds. The van der Waals surface area contributed by atoms with Crippen molar-refractivity contribution in [2.75, 3.05) is 7.11 Å². The van der Waals surface area contributed by atoms with Gasteiger partial charge in [0.1, 0.15) is 23.8 Å². The first-order valence-electron chi connectivity index (χ1n) is 8.59. The van der Waals surface area contributed by atoms with Gasteiger partial charge in [-0.05, 0) is 43.2 Å². The van der Waals surface area contributed by atoms with Crippen molar-refractivity contribution in [2.24, 2.45) is 0 Å². The summed E-state index contributed by atoms with van der Waals surface area (Å²) in [7, 11) is 1.53. The van der Waals surface area contributed by atoms with Crippen LogP contribution in [-0.2, 0) is 22.6 Å². The van der Waals surface area contributed by atoms with Gasteiger partial charge < -0.3 is 13.9 Å². The van der Waals surface area contributed by atoms with Gasteiger partial charge in [0.2, 0.25) is 0 Å². The topological polar surface area (TPSA) is 65.7 Å². The molecule has 0 saturated heterocycles. The van der Waals surface area contributed by atoms with Gasteiger partial charge in [-0.3, -0.25) is 4.79 Å². The highest BCUT2D eigenvalue weighted by Crippen LogP contribution is 2.25. The minimum absolute atomic E-state index is 0.0423. The molecule has 0 fully saturated rings. The summed E-state index contributed by atoms with van der Waals surface area (Å²) >= 11 is 5.91. The zero-order valence-electron chi connectivity index (χ0n) is 15.4. The molecule has 0 aliphatic rings. The number of halogens is 2. The van der Waals surface area contributed by atoms with E-state index in [9.17, 15) is 14.0 Å². The van der Waals surface area contributed by atoms with Crippen molar-refractivity contribution in [2.45, 2.75) is 26.4 Å². The summed E-state index contributed by atoms with van der Waals surface area (Å²) in [6.45, 7) is 1.53. The Morgan fingerprint density at radius 2 is 2.00 bits per heavy atom. The lowest BCUT2D eigenvalue weighted by Gasteiger charge is -2.10. The molecule has 0 bridgehead atoms. The molecular formula is C21H18ClFO5. The van der Waals surface area contributed by atoms with Crippen molar-refractivity contribution >= 4 is 28.5 Å². The molecule has 0 atom stereocenters. The number of ether oxygens (including phenoxy) is 2. The summed E-state index contributed by atoms with van der Waals surface area (Å²) < 4.78 is 29.3. The van der Waals surface area contributed by atoms with Gasteiger partial charge in [-0.25, -0.2) is 9.18 Å². The molecule has 0 aliphatic carbocycles. The first kappa shape index (κ1) is 19.9. The fourth-order valence-corrected chi connectivity index (χ4v) is 3.13. The van der Waals surface area contributed by atoms with Gasteiger partial charge in [-0.15, -0.1) is 0 Å². The SMILES string of the molecule is COc1ccc2c(C)c(CCC(=O)OCc3c(F)cccc3Cl)c(=O)oc2c1. The molecule has 1 heterocycles. The van der Waals surface area contributed by atoms with Crippen LogP contribution in [-0.4, -0.2) is 13.1 Å². The van der Waals surface area contributed by atoms with Crippen molar-refractivity contribution in [3.8, 4) is 5.75 Å². The molecule has 0 radical (unpaired) electrons. The average Bonchev–Trinajstić information content (AvgIpc) is 2.66. The maximum Gasteiger partial charge on any atom is 0.339 e. The Kier molecular flexibility index (Phi) is 5.99. The summed E-state index contributed by atoms with van der Waals surface area (Å²) in [4.78, 5) is 24.4. The quantitative estimate of drug-likeness (QED) is 0.444. The first-order chi connectivity index (χ1) is 13.4. The third-order valence-electron chi connectivity index (χ3n) is 4.51. The van der Waals surface area contributed by atoms with E-state index in [1.54, 1.807) is 25.1 Å². The molecule has 0 N–H and O–H groups in total. The lowest BCUT2D eigenvalue weighted by atomic mass is 10.0. The fraction of sp³-hybridized carbons (Fsp3) is 0.238. The van der Waals surface area contributed by atoms with E-state index in [-0.39, 0.29) is 30.0 Å². The Labute approximate surface area is 165 Å². The van der Waals surface area contributed by atoms with Gasteiger partial charge in [0, 0.05) is 29.0 Å². The fourth-order valence-electron chi connectivity index (χ4n) is 2.91. The second kappa shape index (κ2) is 8.44. The summed E-state index contributed by atoms with van der Waals surface area (Å²) in [5.74, 6) is -0.520. The van der Waals surface area contributed by atoms with Crippen LogP contribution in [0.3, 0.4) is 0 Å². The van der Waals surface area contributed by atoms with E-state index in [1.807, 2.05) is 0 Å². The third kappa shape index (κ3) is 4.17. The van der Waals surface area contributed by atoms with E-state index < -0.39 is 17.4 Å². The van der Waals surface area contributed by atoms with Gasteiger partial charge >= 0.3 is 11.6 Å². The van der Waals surface area contributed by atoms with E-state index in [0.717, 1.165) is 10.9 Å². The Morgan fingerprint density at radius 1 is 1.21 bits per heavy atom. The normalized spacial score (nSPS) is 10.9. The number of aryl methyl sites for hydroxylation is 1. The summed E-state index contributed by atoms with van der Waals surface area (Å²) in [5.41, 5.74) is 1.16. The van der Waals surface area contributed by atoms with Crippen LogP contribution in [0.1, 0.15) is 23.1 Å². The number of esters is 1. The largest absolute Gasteiger partial charge is 0.497 e. The van der Waals surface area contributed by atoms with E-state index in [4.69, 9.17) is 25.5 Å². The molecule has 0 saturated carbocycles. The zero-order valence-corrected chi connectivity index (χ0v) is 16.1. The predicted molar refractivity (Wildman–Crippen MR) is 103 cm³/mol. The van der Waals surface area contributed by atoms with E-state index in [2.05, 4.69) is 0 Å². The molecule has 28 heavy (non-hydrogen) atoms. The van der Waals surface area contributed by atoms with Crippen molar-refractivity contribution in [3.63, 3.8) is 0 Å². The van der Waals surface area contributed by atoms with Gasteiger partial charge in [0.15, 0.2) is 0 Å². The van der Waals surface area contributed by atoms with E-state index >= 15 is 0 Å². The maximum atomic E-state index is 13.7. The number of hydrogen-bond donors (Lipinski definition) is 0. The number of fused-ring (bicyclic) bond motifs is 1. The highest BCUT2D eigenvalue weighted by atomic mass is 35.5. The molecule has 3 rings (SSSR count).